The summed E-state index contributed by atoms with van der Waals surface area (Å²) in [7, 11) is 0. The predicted molar refractivity (Wildman–Crippen MR) is 44.4 cm³/mol. The second kappa shape index (κ2) is 8.79. The van der Waals surface area contributed by atoms with Crippen LogP contribution in [0.4, 0.5) is 0 Å². The molecule has 76 valence electrons. The summed E-state index contributed by atoms with van der Waals surface area (Å²) in [4.78, 5) is 19.9. The molecule has 0 bridgehead atoms. The van der Waals surface area contributed by atoms with Crippen molar-refractivity contribution in [3.05, 3.63) is 10.1 Å². The zero-order valence-corrected chi connectivity index (χ0v) is 12.0. The fourth-order valence-corrected chi connectivity index (χ4v) is 1.34. The van der Waals surface area contributed by atoms with Crippen LogP contribution in [0.25, 0.3) is 0 Å². The second-order valence-corrected chi connectivity index (χ2v) is 3.59. The molecule has 5 nitrogen and oxygen atoms in total. The molecule has 1 unspecified atom stereocenters. The summed E-state index contributed by atoms with van der Waals surface area (Å²) in [5.41, 5.74) is 0. The summed E-state index contributed by atoms with van der Waals surface area (Å²) >= 11 is 0. The Bertz CT molecular complexity index is 180. The average molecular weight is 227 g/mol. The van der Waals surface area contributed by atoms with Crippen LogP contribution in [0.2, 0.25) is 0 Å². The molecule has 0 aromatic heterocycles. The van der Waals surface area contributed by atoms with E-state index >= 15 is 0 Å². The van der Waals surface area contributed by atoms with Gasteiger partial charge in [0.2, 0.25) is 6.54 Å². The van der Waals surface area contributed by atoms with Gasteiger partial charge in [0.15, 0.2) is 0 Å². The SMILES string of the molecule is CC(C)CC(CC(=O)[O-])C[N+](=O)[O-].[K+]. The van der Waals surface area contributed by atoms with Crippen LogP contribution in [-0.2, 0) is 4.79 Å². The molecule has 0 aromatic carbocycles. The van der Waals surface area contributed by atoms with Crippen LogP contribution in [0, 0.1) is 22.0 Å². The number of nitrogens with zero attached hydrogens (tertiary/aromatic N) is 1. The Labute approximate surface area is 126 Å². The van der Waals surface area contributed by atoms with E-state index in [9.17, 15) is 20.0 Å². The van der Waals surface area contributed by atoms with Gasteiger partial charge in [-0.25, -0.2) is 0 Å². The molecule has 0 N–H and O–H groups in total. The van der Waals surface area contributed by atoms with Crippen LogP contribution in [0.3, 0.4) is 0 Å². The quantitative estimate of drug-likeness (QED) is 0.276. The minimum atomic E-state index is -1.22. The van der Waals surface area contributed by atoms with Gasteiger partial charge in [-0.15, -0.1) is 0 Å². The Morgan fingerprint density at radius 2 is 1.93 bits per heavy atom. The van der Waals surface area contributed by atoms with Gasteiger partial charge >= 0.3 is 51.4 Å². The Hall–Kier alpha value is 0.506. The van der Waals surface area contributed by atoms with Crippen molar-refractivity contribution in [2.45, 2.75) is 26.7 Å². The molecule has 0 amide bonds. The molecule has 0 aliphatic carbocycles. The number of rotatable bonds is 6. The number of hydrogen-bond acceptors (Lipinski definition) is 4. The second-order valence-electron chi connectivity index (χ2n) is 3.59. The molecule has 0 saturated carbocycles. The van der Waals surface area contributed by atoms with Gasteiger partial charge in [-0.2, -0.15) is 0 Å². The predicted octanol–water partition coefficient (Wildman–Crippen LogP) is -2.93. The van der Waals surface area contributed by atoms with E-state index in [1.165, 1.54) is 0 Å². The summed E-state index contributed by atoms with van der Waals surface area (Å²) in [6.45, 7) is 3.52. The molecular weight excluding hydrogens is 213 g/mol. The van der Waals surface area contributed by atoms with E-state index < -0.39 is 16.8 Å². The van der Waals surface area contributed by atoms with Crippen molar-refractivity contribution in [3.63, 3.8) is 0 Å². The first kappa shape index (κ1) is 16.9. The summed E-state index contributed by atoms with van der Waals surface area (Å²) in [6, 6.07) is 0. The van der Waals surface area contributed by atoms with Crippen molar-refractivity contribution in [3.8, 4) is 0 Å². The van der Waals surface area contributed by atoms with Crippen LogP contribution in [0.1, 0.15) is 26.7 Å². The largest absolute Gasteiger partial charge is 1.00 e. The van der Waals surface area contributed by atoms with E-state index in [0.29, 0.717) is 6.42 Å². The number of carbonyl (C=O) groups excluding carboxylic acids is 1. The molecule has 0 saturated heterocycles. The molecule has 14 heavy (non-hydrogen) atoms. The zero-order chi connectivity index (χ0) is 10.4. The minimum absolute atomic E-state index is 0. The smallest absolute Gasteiger partial charge is 0.550 e. The van der Waals surface area contributed by atoms with Crippen molar-refractivity contribution in [1.82, 2.24) is 0 Å². The normalized spacial score (nSPS) is 11.9. The Kier molecular flexibility index (Phi) is 10.6. The molecule has 1 atom stereocenters. The van der Waals surface area contributed by atoms with Crippen LogP contribution < -0.4 is 56.5 Å². The summed E-state index contributed by atoms with van der Waals surface area (Å²) in [5.74, 6) is -1.35. The van der Waals surface area contributed by atoms with E-state index in [1.807, 2.05) is 13.8 Å². The van der Waals surface area contributed by atoms with E-state index in [1.54, 1.807) is 0 Å². The van der Waals surface area contributed by atoms with E-state index in [-0.39, 0.29) is 70.3 Å². The molecule has 0 aliphatic heterocycles. The fraction of sp³-hybridized carbons (Fsp3) is 0.875. The first-order valence-electron chi connectivity index (χ1n) is 4.23. The van der Waals surface area contributed by atoms with Gasteiger partial charge in [0, 0.05) is 16.8 Å². The molecule has 0 aliphatic rings. The molecule has 0 rings (SSSR count). The maximum atomic E-state index is 10.2. The monoisotopic (exact) mass is 227 g/mol. The number of aliphatic carboxylic acids is 1. The van der Waals surface area contributed by atoms with Crippen LogP contribution in [-0.4, -0.2) is 17.4 Å². The van der Waals surface area contributed by atoms with Crippen LogP contribution in [0.15, 0.2) is 0 Å². The molecule has 0 spiro atoms. The van der Waals surface area contributed by atoms with E-state index in [4.69, 9.17) is 0 Å². The Balaban J connectivity index is 0. The molecule has 0 heterocycles. The number of carboxylic acid groups (broad SMARTS) is 1. The van der Waals surface area contributed by atoms with Crippen molar-refractivity contribution in [2.24, 2.45) is 11.8 Å². The summed E-state index contributed by atoms with van der Waals surface area (Å²) in [5, 5.41) is 20.4. The molecule has 6 heteroatoms. The van der Waals surface area contributed by atoms with Gasteiger partial charge in [-0.05, 0) is 18.8 Å². The zero-order valence-electron chi connectivity index (χ0n) is 8.86. The maximum Gasteiger partial charge on any atom is 1.00 e. The molecule has 0 aromatic rings. The average Bonchev–Trinajstić information content (AvgIpc) is 1.80. The third kappa shape index (κ3) is 10.6. The topological polar surface area (TPSA) is 83.3 Å². The number of nitro groups is 1. The third-order valence-electron chi connectivity index (χ3n) is 1.67. The van der Waals surface area contributed by atoms with Crippen LogP contribution >= 0.6 is 0 Å². The van der Waals surface area contributed by atoms with Gasteiger partial charge < -0.3 is 9.90 Å². The molecular formula is C8H14KNO4. The fourth-order valence-electron chi connectivity index (χ4n) is 1.34. The van der Waals surface area contributed by atoms with E-state index in [0.717, 1.165) is 0 Å². The van der Waals surface area contributed by atoms with Gasteiger partial charge in [0.05, 0.1) is 0 Å². The summed E-state index contributed by atoms with van der Waals surface area (Å²) < 4.78 is 0. The molecule has 0 fully saturated rings. The van der Waals surface area contributed by atoms with Crippen molar-refractivity contribution in [2.75, 3.05) is 6.54 Å². The Morgan fingerprint density at radius 1 is 1.43 bits per heavy atom. The standard InChI is InChI=1S/C8H15NO4.K/c1-6(2)3-7(4-8(10)11)5-9(12)13;/h6-7H,3-5H2,1-2H3,(H,10,11);/q;+1/p-1. The number of hydrogen-bond donors (Lipinski definition) is 0. The van der Waals surface area contributed by atoms with Gasteiger partial charge in [-0.3, -0.25) is 10.1 Å². The first-order chi connectivity index (χ1) is 5.91. The minimum Gasteiger partial charge on any atom is -0.550 e. The maximum absolute atomic E-state index is 10.2. The van der Waals surface area contributed by atoms with Crippen molar-refractivity contribution < 1.29 is 66.2 Å². The molecule has 0 radical (unpaired) electrons. The van der Waals surface area contributed by atoms with Crippen molar-refractivity contribution in [1.29, 1.82) is 0 Å². The van der Waals surface area contributed by atoms with Crippen molar-refractivity contribution >= 4 is 5.97 Å². The summed E-state index contributed by atoms with van der Waals surface area (Å²) in [6.07, 6.45) is 0.328. The Morgan fingerprint density at radius 3 is 2.21 bits per heavy atom. The number of carboxylic acids is 1. The van der Waals surface area contributed by atoms with Gasteiger partial charge in [0.25, 0.3) is 0 Å². The van der Waals surface area contributed by atoms with E-state index in [2.05, 4.69) is 0 Å². The first-order valence-corrected chi connectivity index (χ1v) is 4.23. The van der Waals surface area contributed by atoms with Gasteiger partial charge in [0.1, 0.15) is 0 Å². The third-order valence-corrected chi connectivity index (χ3v) is 1.67. The number of carbonyl (C=O) groups is 1. The van der Waals surface area contributed by atoms with Crippen LogP contribution in [0.5, 0.6) is 0 Å². The van der Waals surface area contributed by atoms with Gasteiger partial charge in [-0.1, -0.05) is 13.8 Å².